The van der Waals surface area contributed by atoms with Gasteiger partial charge in [-0.1, -0.05) is 65.7 Å². The standard InChI is InChI=1S/C26H29Cl2N3O4S/c1-17(2)29-26(33)18(3)30(15-21-22(27)12-8-13-23(21)28)25(32)16-31(36(4,34)35)24-14-7-10-19-9-5-6-11-20(19)24/h5-14,17-18H,15-16H2,1-4H3,(H,29,33)/t18-/m0/s1. The number of benzene rings is 3. The van der Waals surface area contributed by atoms with Crippen molar-refractivity contribution < 1.29 is 18.0 Å². The normalized spacial score (nSPS) is 12.4. The lowest BCUT2D eigenvalue weighted by atomic mass is 10.1. The van der Waals surface area contributed by atoms with Gasteiger partial charge >= 0.3 is 0 Å². The number of amides is 2. The van der Waals surface area contributed by atoms with E-state index >= 15 is 0 Å². The minimum atomic E-state index is -3.86. The SMILES string of the molecule is CC(C)NC(=O)[C@H](C)N(Cc1c(Cl)cccc1Cl)C(=O)CN(c1cccc2ccccc12)S(C)(=O)=O. The Labute approximate surface area is 222 Å². The zero-order chi connectivity index (χ0) is 26.6. The maximum absolute atomic E-state index is 13.7. The van der Waals surface area contributed by atoms with E-state index in [1.165, 1.54) is 4.90 Å². The molecule has 0 aliphatic heterocycles. The van der Waals surface area contributed by atoms with Gasteiger partial charge in [-0.15, -0.1) is 0 Å². The minimum Gasteiger partial charge on any atom is -0.352 e. The number of anilines is 1. The molecule has 0 aliphatic rings. The van der Waals surface area contributed by atoms with Gasteiger partial charge in [0, 0.05) is 33.6 Å². The fourth-order valence-electron chi connectivity index (χ4n) is 3.86. The summed E-state index contributed by atoms with van der Waals surface area (Å²) in [6, 6.07) is 16.5. The average molecular weight is 551 g/mol. The molecule has 0 spiro atoms. The van der Waals surface area contributed by atoms with Crippen molar-refractivity contribution in [1.29, 1.82) is 0 Å². The van der Waals surface area contributed by atoms with Crippen molar-refractivity contribution in [1.82, 2.24) is 10.2 Å². The van der Waals surface area contributed by atoms with Crippen LogP contribution < -0.4 is 9.62 Å². The molecule has 0 saturated heterocycles. The Morgan fingerprint density at radius 1 is 0.917 bits per heavy atom. The number of rotatable bonds is 9. The van der Waals surface area contributed by atoms with Crippen LogP contribution in [-0.2, 0) is 26.2 Å². The molecule has 0 fully saturated rings. The summed E-state index contributed by atoms with van der Waals surface area (Å²) >= 11 is 12.7. The Balaban J connectivity index is 2.04. The lowest BCUT2D eigenvalue weighted by molar-refractivity contribution is -0.139. The molecule has 3 aromatic rings. The number of hydrogen-bond acceptors (Lipinski definition) is 4. The number of carbonyl (C=O) groups is 2. The monoisotopic (exact) mass is 549 g/mol. The van der Waals surface area contributed by atoms with E-state index in [4.69, 9.17) is 23.2 Å². The zero-order valence-electron chi connectivity index (χ0n) is 20.5. The molecule has 0 aromatic heterocycles. The quantitative estimate of drug-likeness (QED) is 0.413. The van der Waals surface area contributed by atoms with Crippen LogP contribution in [0.1, 0.15) is 26.3 Å². The molecular weight excluding hydrogens is 521 g/mol. The maximum atomic E-state index is 13.7. The fourth-order valence-corrected chi connectivity index (χ4v) is 5.24. The van der Waals surface area contributed by atoms with Crippen LogP contribution in [0, 0.1) is 0 Å². The first-order valence-corrected chi connectivity index (χ1v) is 14.0. The summed E-state index contributed by atoms with van der Waals surface area (Å²) in [6.07, 6.45) is 1.05. The molecule has 36 heavy (non-hydrogen) atoms. The summed E-state index contributed by atoms with van der Waals surface area (Å²) in [5.41, 5.74) is 0.841. The van der Waals surface area contributed by atoms with Crippen LogP contribution in [-0.4, -0.2) is 50.0 Å². The molecule has 0 aliphatic carbocycles. The number of halogens is 2. The van der Waals surface area contributed by atoms with Crippen LogP contribution in [0.3, 0.4) is 0 Å². The van der Waals surface area contributed by atoms with E-state index in [1.54, 1.807) is 49.4 Å². The molecule has 7 nitrogen and oxygen atoms in total. The molecule has 0 bridgehead atoms. The van der Waals surface area contributed by atoms with E-state index in [0.717, 1.165) is 15.9 Å². The van der Waals surface area contributed by atoms with Crippen LogP contribution >= 0.6 is 23.2 Å². The summed E-state index contributed by atoms with van der Waals surface area (Å²) in [5, 5.41) is 5.00. The maximum Gasteiger partial charge on any atom is 0.244 e. The van der Waals surface area contributed by atoms with Gasteiger partial charge in [-0.2, -0.15) is 0 Å². The predicted molar refractivity (Wildman–Crippen MR) is 146 cm³/mol. The van der Waals surface area contributed by atoms with Crippen molar-refractivity contribution in [3.8, 4) is 0 Å². The van der Waals surface area contributed by atoms with Gasteiger partial charge in [0.15, 0.2) is 0 Å². The van der Waals surface area contributed by atoms with Crippen LogP contribution in [0.25, 0.3) is 10.8 Å². The van der Waals surface area contributed by atoms with E-state index in [0.29, 0.717) is 26.7 Å². The van der Waals surface area contributed by atoms with Crippen molar-refractivity contribution in [3.05, 3.63) is 76.3 Å². The van der Waals surface area contributed by atoms with E-state index < -0.39 is 28.5 Å². The zero-order valence-corrected chi connectivity index (χ0v) is 22.9. The molecule has 10 heteroatoms. The molecule has 2 amide bonds. The van der Waals surface area contributed by atoms with Crippen LogP contribution in [0.5, 0.6) is 0 Å². The highest BCUT2D eigenvalue weighted by atomic mass is 35.5. The topological polar surface area (TPSA) is 86.8 Å². The second-order valence-electron chi connectivity index (χ2n) is 8.83. The van der Waals surface area contributed by atoms with E-state index in [-0.39, 0.29) is 18.5 Å². The average Bonchev–Trinajstić information content (AvgIpc) is 2.80. The second kappa shape index (κ2) is 11.5. The summed E-state index contributed by atoms with van der Waals surface area (Å²) < 4.78 is 26.8. The van der Waals surface area contributed by atoms with Crippen LogP contribution in [0.2, 0.25) is 10.0 Å². The summed E-state index contributed by atoms with van der Waals surface area (Å²) in [5.74, 6) is -0.951. The first kappa shape index (κ1) is 27.8. The Kier molecular flexibility index (Phi) is 8.87. The first-order chi connectivity index (χ1) is 16.9. The van der Waals surface area contributed by atoms with Gasteiger partial charge in [-0.3, -0.25) is 13.9 Å². The van der Waals surface area contributed by atoms with E-state index in [1.807, 2.05) is 32.0 Å². The molecule has 0 heterocycles. The van der Waals surface area contributed by atoms with Gasteiger partial charge in [0.2, 0.25) is 21.8 Å². The molecule has 0 unspecified atom stereocenters. The smallest absolute Gasteiger partial charge is 0.244 e. The lowest BCUT2D eigenvalue weighted by Crippen LogP contribution is -2.52. The predicted octanol–water partition coefficient (Wildman–Crippen LogP) is 4.85. The van der Waals surface area contributed by atoms with Gasteiger partial charge in [-0.05, 0) is 44.4 Å². The van der Waals surface area contributed by atoms with Gasteiger partial charge in [0.1, 0.15) is 12.6 Å². The highest BCUT2D eigenvalue weighted by Crippen LogP contribution is 2.30. The number of nitrogens with one attached hydrogen (secondary N) is 1. The number of nitrogens with zero attached hydrogens (tertiary/aromatic N) is 2. The Morgan fingerprint density at radius 2 is 1.50 bits per heavy atom. The summed E-state index contributed by atoms with van der Waals surface area (Å²) in [6.45, 7) is 4.63. The van der Waals surface area contributed by atoms with Crippen molar-refractivity contribution in [3.63, 3.8) is 0 Å². The van der Waals surface area contributed by atoms with Gasteiger partial charge in [-0.25, -0.2) is 8.42 Å². The third-order valence-electron chi connectivity index (χ3n) is 5.70. The molecular formula is C26H29Cl2N3O4S. The van der Waals surface area contributed by atoms with Crippen LogP contribution in [0.15, 0.2) is 60.7 Å². The fraction of sp³-hybridized carbons (Fsp3) is 0.308. The highest BCUT2D eigenvalue weighted by molar-refractivity contribution is 7.92. The number of fused-ring (bicyclic) bond motifs is 1. The van der Waals surface area contributed by atoms with Crippen molar-refractivity contribution in [2.75, 3.05) is 17.1 Å². The number of carbonyl (C=O) groups excluding carboxylic acids is 2. The number of hydrogen-bond donors (Lipinski definition) is 1. The van der Waals surface area contributed by atoms with Gasteiger partial charge in [0.05, 0.1) is 11.9 Å². The van der Waals surface area contributed by atoms with Crippen LogP contribution in [0.4, 0.5) is 5.69 Å². The molecule has 1 N–H and O–H groups in total. The second-order valence-corrected chi connectivity index (χ2v) is 11.6. The Bertz CT molecular complexity index is 1350. The molecule has 1 atom stereocenters. The minimum absolute atomic E-state index is 0.0723. The molecule has 0 radical (unpaired) electrons. The Morgan fingerprint density at radius 3 is 2.11 bits per heavy atom. The van der Waals surface area contributed by atoms with E-state index in [9.17, 15) is 18.0 Å². The van der Waals surface area contributed by atoms with Crippen molar-refractivity contribution in [2.45, 2.75) is 39.4 Å². The lowest BCUT2D eigenvalue weighted by Gasteiger charge is -2.32. The summed E-state index contributed by atoms with van der Waals surface area (Å²) in [4.78, 5) is 27.9. The largest absolute Gasteiger partial charge is 0.352 e. The first-order valence-electron chi connectivity index (χ1n) is 11.4. The number of sulfonamides is 1. The molecule has 3 aromatic carbocycles. The van der Waals surface area contributed by atoms with Crippen molar-refractivity contribution in [2.24, 2.45) is 0 Å². The summed E-state index contributed by atoms with van der Waals surface area (Å²) in [7, 11) is -3.86. The third kappa shape index (κ3) is 6.49. The third-order valence-corrected chi connectivity index (χ3v) is 7.54. The molecule has 3 rings (SSSR count). The van der Waals surface area contributed by atoms with E-state index in [2.05, 4.69) is 5.32 Å². The molecule has 192 valence electrons. The van der Waals surface area contributed by atoms with Gasteiger partial charge < -0.3 is 10.2 Å². The van der Waals surface area contributed by atoms with Crippen molar-refractivity contribution >= 4 is 61.5 Å². The molecule has 0 saturated carbocycles. The highest BCUT2D eigenvalue weighted by Gasteiger charge is 2.31. The Hall–Kier alpha value is -2.81. The van der Waals surface area contributed by atoms with Gasteiger partial charge in [0.25, 0.3) is 0 Å².